The number of ether oxygens (including phenoxy) is 1. The molecule has 14 heavy (non-hydrogen) atoms. The van der Waals surface area contributed by atoms with E-state index in [2.05, 4.69) is 9.97 Å². The standard InChI is InChI=1S/C9H13IN2O2/c1-3-4-7-11-6(5-14-2)8(10)9(13)12-7/h3-5H2,1-2H3,(H,11,12,13). The molecule has 78 valence electrons. The Labute approximate surface area is 96.2 Å². The molecule has 4 nitrogen and oxygen atoms in total. The lowest BCUT2D eigenvalue weighted by Gasteiger charge is -2.04. The predicted molar refractivity (Wildman–Crippen MR) is 62.3 cm³/mol. The maximum atomic E-state index is 11.5. The first-order chi connectivity index (χ1) is 6.69. The number of methoxy groups -OCH3 is 1. The van der Waals surface area contributed by atoms with Crippen LogP contribution in [0.15, 0.2) is 4.79 Å². The Balaban J connectivity index is 3.07. The quantitative estimate of drug-likeness (QED) is 0.857. The van der Waals surface area contributed by atoms with Gasteiger partial charge in [0, 0.05) is 13.5 Å². The highest BCUT2D eigenvalue weighted by Gasteiger charge is 2.07. The maximum absolute atomic E-state index is 11.5. The molecule has 0 spiro atoms. The number of aryl methyl sites for hydroxylation is 1. The van der Waals surface area contributed by atoms with Crippen LogP contribution in [0.5, 0.6) is 0 Å². The smallest absolute Gasteiger partial charge is 0.264 e. The molecule has 1 aromatic heterocycles. The molecule has 0 bridgehead atoms. The monoisotopic (exact) mass is 308 g/mol. The van der Waals surface area contributed by atoms with E-state index in [4.69, 9.17) is 4.74 Å². The van der Waals surface area contributed by atoms with E-state index in [-0.39, 0.29) is 5.56 Å². The lowest BCUT2D eigenvalue weighted by Crippen LogP contribution is -2.18. The van der Waals surface area contributed by atoms with E-state index in [1.165, 1.54) is 0 Å². The van der Waals surface area contributed by atoms with Crippen molar-refractivity contribution in [3.63, 3.8) is 0 Å². The Morgan fingerprint density at radius 1 is 1.57 bits per heavy atom. The van der Waals surface area contributed by atoms with Crippen LogP contribution in [0.4, 0.5) is 0 Å². The zero-order valence-electron chi connectivity index (χ0n) is 8.26. The molecule has 0 unspecified atom stereocenters. The first-order valence-corrected chi connectivity index (χ1v) is 5.53. The molecule has 0 saturated heterocycles. The number of nitrogens with zero attached hydrogens (tertiary/aromatic N) is 1. The van der Waals surface area contributed by atoms with Gasteiger partial charge in [0.05, 0.1) is 12.3 Å². The van der Waals surface area contributed by atoms with Crippen molar-refractivity contribution < 1.29 is 4.74 Å². The van der Waals surface area contributed by atoms with Gasteiger partial charge in [-0.15, -0.1) is 0 Å². The predicted octanol–water partition coefficient (Wildman–Crippen LogP) is 1.47. The minimum atomic E-state index is -0.0731. The van der Waals surface area contributed by atoms with E-state index >= 15 is 0 Å². The van der Waals surface area contributed by atoms with Crippen molar-refractivity contribution in [2.45, 2.75) is 26.4 Å². The molecule has 5 heteroatoms. The van der Waals surface area contributed by atoms with Crippen LogP contribution in [-0.2, 0) is 17.8 Å². The SMILES string of the molecule is CCCc1nc(COC)c(I)c(=O)[nH]1. The minimum absolute atomic E-state index is 0.0731. The highest BCUT2D eigenvalue weighted by Crippen LogP contribution is 2.06. The summed E-state index contributed by atoms with van der Waals surface area (Å²) >= 11 is 1.99. The maximum Gasteiger partial charge on any atom is 0.264 e. The normalized spacial score (nSPS) is 10.5. The van der Waals surface area contributed by atoms with E-state index < -0.39 is 0 Å². The lowest BCUT2D eigenvalue weighted by molar-refractivity contribution is 0.180. The highest BCUT2D eigenvalue weighted by molar-refractivity contribution is 14.1. The third-order valence-corrected chi connectivity index (χ3v) is 2.86. The molecule has 0 aliphatic rings. The van der Waals surface area contributed by atoms with Crippen molar-refractivity contribution >= 4 is 22.6 Å². The van der Waals surface area contributed by atoms with Gasteiger partial charge in [0.15, 0.2) is 0 Å². The van der Waals surface area contributed by atoms with E-state index in [1.54, 1.807) is 7.11 Å². The number of aromatic amines is 1. The molecule has 1 N–H and O–H groups in total. The van der Waals surface area contributed by atoms with Crippen molar-refractivity contribution in [2.24, 2.45) is 0 Å². The molecule has 0 fully saturated rings. The molecular formula is C9H13IN2O2. The van der Waals surface area contributed by atoms with E-state index in [9.17, 15) is 4.79 Å². The molecule has 0 atom stereocenters. The summed E-state index contributed by atoms with van der Waals surface area (Å²) < 4.78 is 5.59. The van der Waals surface area contributed by atoms with Gasteiger partial charge < -0.3 is 9.72 Å². The summed E-state index contributed by atoms with van der Waals surface area (Å²) in [5.74, 6) is 0.741. The number of nitrogens with one attached hydrogen (secondary N) is 1. The highest BCUT2D eigenvalue weighted by atomic mass is 127. The lowest BCUT2D eigenvalue weighted by atomic mass is 10.3. The first-order valence-electron chi connectivity index (χ1n) is 4.45. The number of hydrogen-bond donors (Lipinski definition) is 1. The summed E-state index contributed by atoms with van der Waals surface area (Å²) in [6, 6.07) is 0. The van der Waals surface area contributed by atoms with E-state index in [1.807, 2.05) is 29.5 Å². The number of rotatable bonds is 4. The van der Waals surface area contributed by atoms with Crippen LogP contribution in [0.2, 0.25) is 0 Å². The third-order valence-electron chi connectivity index (χ3n) is 1.75. The average Bonchev–Trinajstić information content (AvgIpc) is 2.14. The molecule has 1 heterocycles. The molecule has 1 rings (SSSR count). The van der Waals surface area contributed by atoms with Crippen molar-refractivity contribution in [1.29, 1.82) is 0 Å². The van der Waals surface area contributed by atoms with Crippen LogP contribution in [0, 0.1) is 3.57 Å². The Kier molecular flexibility index (Phi) is 4.53. The van der Waals surface area contributed by atoms with Gasteiger partial charge in [-0.05, 0) is 29.0 Å². The molecule has 0 aromatic carbocycles. The fraction of sp³-hybridized carbons (Fsp3) is 0.556. The topological polar surface area (TPSA) is 55.0 Å². The summed E-state index contributed by atoms with van der Waals surface area (Å²) in [5, 5.41) is 0. The molecule has 1 aromatic rings. The van der Waals surface area contributed by atoms with Crippen molar-refractivity contribution in [3.05, 3.63) is 25.4 Å². The van der Waals surface area contributed by atoms with Gasteiger partial charge in [0.25, 0.3) is 5.56 Å². The van der Waals surface area contributed by atoms with Gasteiger partial charge in [0.1, 0.15) is 9.39 Å². The zero-order valence-corrected chi connectivity index (χ0v) is 10.4. The Bertz CT molecular complexity index is 362. The zero-order chi connectivity index (χ0) is 10.6. The van der Waals surface area contributed by atoms with Crippen molar-refractivity contribution in [1.82, 2.24) is 9.97 Å². The summed E-state index contributed by atoms with van der Waals surface area (Å²) in [7, 11) is 1.60. The van der Waals surface area contributed by atoms with Gasteiger partial charge in [-0.1, -0.05) is 6.92 Å². The van der Waals surface area contributed by atoms with Crippen LogP contribution in [-0.4, -0.2) is 17.1 Å². The van der Waals surface area contributed by atoms with Crippen LogP contribution >= 0.6 is 22.6 Å². The van der Waals surface area contributed by atoms with E-state index in [0.29, 0.717) is 10.2 Å². The second-order valence-electron chi connectivity index (χ2n) is 2.96. The number of aromatic nitrogens is 2. The van der Waals surface area contributed by atoms with Crippen LogP contribution in [0.25, 0.3) is 0 Å². The summed E-state index contributed by atoms with van der Waals surface area (Å²) in [6.07, 6.45) is 1.76. The van der Waals surface area contributed by atoms with Gasteiger partial charge >= 0.3 is 0 Å². The second-order valence-corrected chi connectivity index (χ2v) is 4.04. The fourth-order valence-corrected chi connectivity index (χ4v) is 1.56. The number of halogens is 1. The van der Waals surface area contributed by atoms with Gasteiger partial charge in [-0.25, -0.2) is 4.98 Å². The van der Waals surface area contributed by atoms with Gasteiger partial charge in [-0.2, -0.15) is 0 Å². The molecule has 0 aliphatic heterocycles. The summed E-state index contributed by atoms with van der Waals surface area (Å²) in [5.41, 5.74) is 0.649. The summed E-state index contributed by atoms with van der Waals surface area (Å²) in [4.78, 5) is 18.5. The Morgan fingerprint density at radius 3 is 2.86 bits per heavy atom. The minimum Gasteiger partial charge on any atom is -0.378 e. The second kappa shape index (κ2) is 5.45. The number of H-pyrrole nitrogens is 1. The van der Waals surface area contributed by atoms with Gasteiger partial charge in [0.2, 0.25) is 0 Å². The molecule has 0 saturated carbocycles. The van der Waals surface area contributed by atoms with Gasteiger partial charge in [-0.3, -0.25) is 4.79 Å². The third kappa shape index (κ3) is 2.78. The van der Waals surface area contributed by atoms with E-state index in [0.717, 1.165) is 24.4 Å². The van der Waals surface area contributed by atoms with Crippen molar-refractivity contribution in [2.75, 3.05) is 7.11 Å². The van der Waals surface area contributed by atoms with Crippen LogP contribution in [0.1, 0.15) is 24.9 Å². The average molecular weight is 308 g/mol. The molecule has 0 radical (unpaired) electrons. The Morgan fingerprint density at radius 2 is 2.29 bits per heavy atom. The summed E-state index contributed by atoms with van der Waals surface area (Å²) in [6.45, 7) is 2.44. The number of hydrogen-bond acceptors (Lipinski definition) is 3. The molecule has 0 aliphatic carbocycles. The molecular weight excluding hydrogens is 295 g/mol. The largest absolute Gasteiger partial charge is 0.378 e. The Hall–Kier alpha value is -0.430. The van der Waals surface area contributed by atoms with Crippen LogP contribution in [0.3, 0.4) is 0 Å². The molecule has 0 amide bonds. The fourth-order valence-electron chi connectivity index (χ4n) is 1.14. The first kappa shape index (κ1) is 11.6. The van der Waals surface area contributed by atoms with Crippen LogP contribution < -0.4 is 5.56 Å². The van der Waals surface area contributed by atoms with Crippen molar-refractivity contribution in [3.8, 4) is 0 Å².